The van der Waals surface area contributed by atoms with E-state index >= 15 is 0 Å². The maximum Gasteiger partial charge on any atom is 0.0107 e. The highest BCUT2D eigenvalue weighted by molar-refractivity contribution is 4.85. The second-order valence-electron chi connectivity index (χ2n) is 5.45. The quantitative estimate of drug-likeness (QED) is 0.718. The first-order valence-electron chi connectivity index (χ1n) is 7.12. The lowest BCUT2D eigenvalue weighted by atomic mass is 10.0. The van der Waals surface area contributed by atoms with E-state index < -0.39 is 0 Å². The van der Waals surface area contributed by atoms with Gasteiger partial charge in [-0.2, -0.15) is 0 Å². The fraction of sp³-hybridized carbons (Fsp3) is 1.00. The number of hydrogen-bond donors (Lipinski definition) is 1. The summed E-state index contributed by atoms with van der Waals surface area (Å²) in [4.78, 5) is 2.54. The van der Waals surface area contributed by atoms with Gasteiger partial charge in [0.25, 0.3) is 0 Å². The molecule has 1 N–H and O–H groups in total. The molecule has 0 amide bonds. The summed E-state index contributed by atoms with van der Waals surface area (Å²) < 4.78 is 0. The highest BCUT2D eigenvalue weighted by Gasteiger charge is 2.28. The summed E-state index contributed by atoms with van der Waals surface area (Å²) in [5, 5.41) is 3.72. The zero-order chi connectivity index (χ0) is 12.0. The van der Waals surface area contributed by atoms with E-state index in [0.29, 0.717) is 0 Å². The molecule has 96 valence electrons. The predicted octanol–water partition coefficient (Wildman–Crippen LogP) is 2.89. The van der Waals surface area contributed by atoms with Crippen LogP contribution in [0.4, 0.5) is 0 Å². The van der Waals surface area contributed by atoms with Crippen molar-refractivity contribution < 1.29 is 0 Å². The molecule has 1 saturated carbocycles. The van der Waals surface area contributed by atoms with Crippen LogP contribution in [0.5, 0.6) is 0 Å². The van der Waals surface area contributed by atoms with Gasteiger partial charge in [0.2, 0.25) is 0 Å². The molecular formula is C14H30N2. The monoisotopic (exact) mass is 226 g/mol. The molecule has 0 aromatic heterocycles. The SMILES string of the molecule is CCCNC1CCCC1CN(C)C(C)CC. The van der Waals surface area contributed by atoms with E-state index in [1.165, 1.54) is 45.2 Å². The molecule has 1 fully saturated rings. The molecule has 0 aliphatic heterocycles. The Kier molecular flexibility index (Phi) is 6.37. The van der Waals surface area contributed by atoms with E-state index in [2.05, 4.69) is 38.0 Å². The summed E-state index contributed by atoms with van der Waals surface area (Å²) in [6, 6.07) is 1.51. The van der Waals surface area contributed by atoms with E-state index in [1.807, 2.05) is 0 Å². The first-order chi connectivity index (χ1) is 7.69. The van der Waals surface area contributed by atoms with Crippen LogP contribution < -0.4 is 5.32 Å². The molecule has 0 aromatic rings. The Morgan fingerprint density at radius 2 is 2.06 bits per heavy atom. The smallest absolute Gasteiger partial charge is 0.0107 e. The summed E-state index contributed by atoms with van der Waals surface area (Å²) in [5.74, 6) is 0.880. The zero-order valence-corrected chi connectivity index (χ0v) is 11.6. The van der Waals surface area contributed by atoms with E-state index in [4.69, 9.17) is 0 Å². The van der Waals surface area contributed by atoms with E-state index in [1.54, 1.807) is 0 Å². The van der Waals surface area contributed by atoms with Crippen LogP contribution >= 0.6 is 0 Å². The lowest BCUT2D eigenvalue weighted by Gasteiger charge is -2.30. The van der Waals surface area contributed by atoms with Crippen molar-refractivity contribution in [3.8, 4) is 0 Å². The van der Waals surface area contributed by atoms with Gasteiger partial charge in [0, 0.05) is 18.6 Å². The molecule has 0 saturated heterocycles. The Labute approximate surface area is 102 Å². The second-order valence-corrected chi connectivity index (χ2v) is 5.45. The molecule has 3 atom stereocenters. The summed E-state index contributed by atoms with van der Waals surface area (Å²) in [6.07, 6.45) is 6.74. The van der Waals surface area contributed by atoms with Gasteiger partial charge in [-0.15, -0.1) is 0 Å². The third kappa shape index (κ3) is 4.06. The standard InChI is InChI=1S/C14H30N2/c1-5-10-15-14-9-7-8-13(14)11-16(4)12(3)6-2/h12-15H,5-11H2,1-4H3. The maximum atomic E-state index is 3.72. The predicted molar refractivity (Wildman–Crippen MR) is 71.8 cm³/mol. The normalized spacial score (nSPS) is 27.6. The average Bonchev–Trinajstić information content (AvgIpc) is 2.72. The van der Waals surface area contributed by atoms with E-state index in [0.717, 1.165) is 18.0 Å². The molecule has 3 unspecified atom stereocenters. The van der Waals surface area contributed by atoms with Crippen molar-refractivity contribution in [2.45, 2.75) is 65.0 Å². The van der Waals surface area contributed by atoms with Gasteiger partial charge >= 0.3 is 0 Å². The molecule has 0 bridgehead atoms. The molecule has 0 radical (unpaired) electrons. The van der Waals surface area contributed by atoms with Gasteiger partial charge < -0.3 is 10.2 Å². The number of hydrogen-bond acceptors (Lipinski definition) is 2. The molecule has 16 heavy (non-hydrogen) atoms. The molecule has 2 nitrogen and oxygen atoms in total. The fourth-order valence-corrected chi connectivity index (χ4v) is 2.72. The first kappa shape index (κ1) is 14.0. The van der Waals surface area contributed by atoms with E-state index in [-0.39, 0.29) is 0 Å². The number of nitrogens with zero attached hydrogens (tertiary/aromatic N) is 1. The summed E-state index contributed by atoms with van der Waals surface area (Å²) in [5.41, 5.74) is 0. The van der Waals surface area contributed by atoms with Crippen molar-refractivity contribution >= 4 is 0 Å². The molecular weight excluding hydrogens is 196 g/mol. The highest BCUT2D eigenvalue weighted by atomic mass is 15.1. The van der Waals surface area contributed by atoms with Crippen LogP contribution in [0, 0.1) is 5.92 Å². The number of rotatable bonds is 7. The molecule has 0 aromatic carbocycles. The number of nitrogens with one attached hydrogen (secondary N) is 1. The largest absolute Gasteiger partial charge is 0.314 e. The van der Waals surface area contributed by atoms with Crippen LogP contribution in [-0.4, -0.2) is 37.1 Å². The molecule has 0 heterocycles. The van der Waals surface area contributed by atoms with Gasteiger partial charge in [-0.05, 0) is 52.1 Å². The van der Waals surface area contributed by atoms with Gasteiger partial charge in [-0.3, -0.25) is 0 Å². The van der Waals surface area contributed by atoms with Crippen molar-refractivity contribution in [2.75, 3.05) is 20.1 Å². The Hall–Kier alpha value is -0.0800. The molecule has 0 spiro atoms. The Balaban J connectivity index is 2.34. The Morgan fingerprint density at radius 1 is 1.31 bits per heavy atom. The third-order valence-corrected chi connectivity index (χ3v) is 4.18. The second kappa shape index (κ2) is 7.29. The van der Waals surface area contributed by atoms with Crippen LogP contribution in [0.1, 0.15) is 52.9 Å². The molecule has 1 aliphatic rings. The molecule has 1 aliphatic carbocycles. The maximum absolute atomic E-state index is 3.72. The molecule has 2 heteroatoms. The zero-order valence-electron chi connectivity index (χ0n) is 11.6. The van der Waals surface area contributed by atoms with E-state index in [9.17, 15) is 0 Å². The topological polar surface area (TPSA) is 15.3 Å². The van der Waals surface area contributed by atoms with Crippen molar-refractivity contribution in [3.05, 3.63) is 0 Å². The lowest BCUT2D eigenvalue weighted by molar-refractivity contribution is 0.199. The fourth-order valence-electron chi connectivity index (χ4n) is 2.72. The average molecular weight is 226 g/mol. The van der Waals surface area contributed by atoms with Gasteiger partial charge in [-0.25, -0.2) is 0 Å². The molecule has 1 rings (SSSR count). The summed E-state index contributed by atoms with van der Waals surface area (Å²) >= 11 is 0. The highest BCUT2D eigenvalue weighted by Crippen LogP contribution is 2.26. The van der Waals surface area contributed by atoms with Crippen molar-refractivity contribution in [1.82, 2.24) is 10.2 Å². The third-order valence-electron chi connectivity index (χ3n) is 4.18. The van der Waals surface area contributed by atoms with Crippen molar-refractivity contribution in [3.63, 3.8) is 0 Å². The van der Waals surface area contributed by atoms with Gasteiger partial charge in [0.1, 0.15) is 0 Å². The van der Waals surface area contributed by atoms with Crippen LogP contribution in [0.2, 0.25) is 0 Å². The first-order valence-corrected chi connectivity index (χ1v) is 7.12. The van der Waals surface area contributed by atoms with Crippen LogP contribution in [0.15, 0.2) is 0 Å². The van der Waals surface area contributed by atoms with Crippen LogP contribution in [0.3, 0.4) is 0 Å². The minimum atomic E-state index is 0.729. The van der Waals surface area contributed by atoms with Crippen molar-refractivity contribution in [2.24, 2.45) is 5.92 Å². The minimum absolute atomic E-state index is 0.729. The van der Waals surface area contributed by atoms with Gasteiger partial charge in [0.05, 0.1) is 0 Å². The summed E-state index contributed by atoms with van der Waals surface area (Å²) in [6.45, 7) is 9.33. The lowest BCUT2D eigenvalue weighted by Crippen LogP contribution is -2.41. The van der Waals surface area contributed by atoms with Crippen LogP contribution in [0.25, 0.3) is 0 Å². The van der Waals surface area contributed by atoms with Crippen LogP contribution in [-0.2, 0) is 0 Å². The van der Waals surface area contributed by atoms with Gasteiger partial charge in [0.15, 0.2) is 0 Å². The Bertz CT molecular complexity index is 182. The summed E-state index contributed by atoms with van der Waals surface area (Å²) in [7, 11) is 2.28. The Morgan fingerprint density at radius 3 is 2.69 bits per heavy atom. The van der Waals surface area contributed by atoms with Crippen molar-refractivity contribution in [1.29, 1.82) is 0 Å². The van der Waals surface area contributed by atoms with Gasteiger partial charge in [-0.1, -0.05) is 20.3 Å². The minimum Gasteiger partial charge on any atom is -0.314 e.